The first-order valence-corrected chi connectivity index (χ1v) is 22.9. The molecule has 2 atom stereocenters. The summed E-state index contributed by atoms with van der Waals surface area (Å²) in [5.74, 6) is 1.74. The van der Waals surface area contributed by atoms with E-state index >= 15 is 0 Å². The van der Waals surface area contributed by atoms with Gasteiger partial charge in [-0.3, -0.25) is 0 Å². The molecule has 2 unspecified atom stereocenters. The highest BCUT2D eigenvalue weighted by molar-refractivity contribution is 6.31. The van der Waals surface area contributed by atoms with Crippen molar-refractivity contribution in [2.24, 2.45) is 0 Å². The fourth-order valence-corrected chi connectivity index (χ4v) is 7.69. The zero-order valence-electron chi connectivity index (χ0n) is 38.4. The molecule has 9 rings (SSSR count). The van der Waals surface area contributed by atoms with Gasteiger partial charge < -0.3 is 27.9 Å². The molecule has 0 N–H and O–H groups in total. The first-order chi connectivity index (χ1) is 34.2. The summed E-state index contributed by atoms with van der Waals surface area (Å²) in [6.07, 6.45) is 15.8. The quantitative estimate of drug-likeness (QED) is 0.0977. The predicted molar refractivity (Wildman–Crippen MR) is 269 cm³/mol. The second-order valence-electron chi connectivity index (χ2n) is 15.9. The van der Waals surface area contributed by atoms with Crippen LogP contribution in [0.5, 0.6) is 17.2 Å². The van der Waals surface area contributed by atoms with Crippen LogP contribution in [0.25, 0.3) is 0 Å². The summed E-state index contributed by atoms with van der Waals surface area (Å²) >= 11 is 12.2. The van der Waals surface area contributed by atoms with Crippen molar-refractivity contribution in [1.29, 1.82) is 15.8 Å². The Hall–Kier alpha value is -8.60. The highest BCUT2D eigenvalue weighted by atomic mass is 35.5. The lowest BCUT2D eigenvalue weighted by molar-refractivity contribution is 0.226. The lowest BCUT2D eigenvalue weighted by Crippen LogP contribution is -2.06. The molecule has 0 aliphatic carbocycles. The minimum Gasteiger partial charge on any atom is -0.488 e. The third-order valence-electron chi connectivity index (χ3n) is 10.8. The standard InChI is InChI=1S/C19H16ClN3O.C19H17N3O.C18H14ClN3O/c1-14(17-4-2-3-5-18(17)20)24-19-10-15(6-7-16(19)11-21)12-23-9-8-22-13-23;1-15(17-5-3-2-4-6-17)23-19-11-16(7-8-18(19)12-20)13-22-10-9-21-14-22;19-17-3-1-2-15(8-17)12-23-18-9-14(4-5-16(18)10-20)11-22-7-6-21-13-22/h2-10,13-14H,12H2,1H3;2-11,14-15H,13H2,1H3;1-9,13H,11-12H2. The summed E-state index contributed by atoms with van der Waals surface area (Å²) in [6.45, 7) is 6.32. The molecule has 0 bridgehead atoms. The molecule has 0 spiro atoms. The van der Waals surface area contributed by atoms with Gasteiger partial charge in [0.2, 0.25) is 0 Å². The normalized spacial score (nSPS) is 11.2. The summed E-state index contributed by atoms with van der Waals surface area (Å²) in [5, 5.41) is 29.2. The van der Waals surface area contributed by atoms with Crippen molar-refractivity contribution in [2.45, 2.75) is 52.3 Å². The molecule has 0 amide bonds. The Morgan fingerprint density at radius 3 is 1.44 bits per heavy atom. The molecule has 0 fully saturated rings. The Kier molecular flexibility index (Phi) is 17.6. The molecule has 12 nitrogen and oxygen atoms in total. The van der Waals surface area contributed by atoms with Crippen LogP contribution in [-0.2, 0) is 26.2 Å². The van der Waals surface area contributed by atoms with E-state index < -0.39 is 0 Å². The number of imidazole rings is 3. The van der Waals surface area contributed by atoms with Gasteiger partial charge in [-0.15, -0.1) is 0 Å². The average Bonchev–Trinajstić information content (AvgIpc) is 4.21. The van der Waals surface area contributed by atoms with Crippen molar-refractivity contribution < 1.29 is 14.2 Å². The van der Waals surface area contributed by atoms with E-state index in [-0.39, 0.29) is 12.2 Å². The maximum absolute atomic E-state index is 9.33. The largest absolute Gasteiger partial charge is 0.488 e. The SMILES string of the molecule is CC(Oc1cc(Cn2ccnc2)ccc1C#N)c1ccccc1.CC(Oc1cc(Cn2ccnc2)ccc1C#N)c1ccccc1Cl.N#Cc1ccc(Cn2ccnc2)cc1OCc1cccc(Cl)c1. The van der Waals surface area contributed by atoms with E-state index in [2.05, 4.69) is 33.2 Å². The molecule has 14 heteroatoms. The third-order valence-corrected chi connectivity index (χ3v) is 11.4. The molecular formula is C56H47Cl2N9O3. The zero-order valence-corrected chi connectivity index (χ0v) is 39.9. The molecule has 0 aliphatic heterocycles. The van der Waals surface area contributed by atoms with Gasteiger partial charge in [0.05, 0.1) is 35.7 Å². The van der Waals surface area contributed by atoms with Gasteiger partial charge in [-0.05, 0) is 96.3 Å². The minimum absolute atomic E-state index is 0.119. The number of ether oxygens (including phenoxy) is 3. The zero-order chi connectivity index (χ0) is 49.1. The van der Waals surface area contributed by atoms with Crippen molar-refractivity contribution >= 4 is 23.2 Å². The monoisotopic (exact) mass is 963 g/mol. The smallest absolute Gasteiger partial charge is 0.138 e. The highest BCUT2D eigenvalue weighted by Gasteiger charge is 2.15. The fraction of sp³-hybridized carbons (Fsp3) is 0.143. The van der Waals surface area contributed by atoms with Gasteiger partial charge in [-0.2, -0.15) is 15.8 Å². The number of benzene rings is 6. The lowest BCUT2D eigenvalue weighted by Gasteiger charge is -2.18. The van der Waals surface area contributed by atoms with E-state index in [0.29, 0.717) is 70.2 Å². The topological polar surface area (TPSA) is 153 Å². The molecule has 9 aromatic rings. The molecule has 0 saturated carbocycles. The molecule has 70 heavy (non-hydrogen) atoms. The summed E-state index contributed by atoms with van der Waals surface area (Å²) in [6, 6.07) is 48.4. The number of halogens is 2. The molecular weight excluding hydrogens is 918 g/mol. The Labute approximate surface area is 417 Å². The van der Waals surface area contributed by atoms with Crippen LogP contribution in [0.1, 0.15) is 76.1 Å². The number of nitriles is 3. The molecule has 0 radical (unpaired) electrons. The first-order valence-electron chi connectivity index (χ1n) is 22.1. The fourth-order valence-electron chi connectivity index (χ4n) is 7.19. The summed E-state index contributed by atoms with van der Waals surface area (Å²) < 4.78 is 23.8. The van der Waals surface area contributed by atoms with Crippen molar-refractivity contribution in [3.63, 3.8) is 0 Å². The molecule has 0 saturated heterocycles. The van der Waals surface area contributed by atoms with Crippen LogP contribution < -0.4 is 14.2 Å². The highest BCUT2D eigenvalue weighted by Crippen LogP contribution is 2.31. The summed E-state index contributed by atoms with van der Waals surface area (Å²) in [7, 11) is 0. The lowest BCUT2D eigenvalue weighted by atomic mass is 10.1. The van der Waals surface area contributed by atoms with Gasteiger partial charge in [-0.1, -0.05) is 102 Å². The third kappa shape index (κ3) is 14.2. The number of hydrogen-bond donors (Lipinski definition) is 0. The molecule has 6 aromatic carbocycles. The maximum atomic E-state index is 9.33. The maximum Gasteiger partial charge on any atom is 0.138 e. The van der Waals surface area contributed by atoms with E-state index in [9.17, 15) is 15.8 Å². The number of hydrogen-bond acceptors (Lipinski definition) is 9. The van der Waals surface area contributed by atoms with Gasteiger partial charge >= 0.3 is 0 Å². The molecule has 3 heterocycles. The first kappa shape index (κ1) is 49.3. The molecule has 348 valence electrons. The van der Waals surface area contributed by atoms with Crippen LogP contribution in [0.4, 0.5) is 0 Å². The second-order valence-corrected chi connectivity index (χ2v) is 16.7. The number of nitrogens with zero attached hydrogens (tertiary/aromatic N) is 9. The minimum atomic E-state index is -0.255. The number of rotatable bonds is 15. The van der Waals surface area contributed by atoms with Gasteiger partial charge in [0.15, 0.2) is 0 Å². The van der Waals surface area contributed by atoms with Crippen molar-refractivity contribution in [3.8, 4) is 35.5 Å². The second kappa shape index (κ2) is 25.0. The van der Waals surface area contributed by atoms with Crippen LogP contribution in [0.3, 0.4) is 0 Å². The van der Waals surface area contributed by atoms with Crippen LogP contribution in [0.15, 0.2) is 190 Å². The van der Waals surface area contributed by atoms with E-state index in [1.165, 1.54) is 0 Å². The van der Waals surface area contributed by atoms with Gasteiger partial charge in [0.1, 0.15) is 54.3 Å². The van der Waals surface area contributed by atoms with Crippen LogP contribution in [0.2, 0.25) is 10.0 Å². The average molecular weight is 965 g/mol. The van der Waals surface area contributed by atoms with Crippen LogP contribution in [0, 0.1) is 34.0 Å². The van der Waals surface area contributed by atoms with E-state index in [4.69, 9.17) is 37.4 Å². The van der Waals surface area contributed by atoms with Gasteiger partial charge in [0, 0.05) is 72.4 Å². The van der Waals surface area contributed by atoms with Crippen molar-refractivity contribution in [2.75, 3.05) is 0 Å². The molecule has 0 aliphatic rings. The summed E-state index contributed by atoms with van der Waals surface area (Å²) in [4.78, 5) is 12.1. The summed E-state index contributed by atoms with van der Waals surface area (Å²) in [5.41, 5.74) is 7.64. The Morgan fingerprint density at radius 1 is 0.500 bits per heavy atom. The van der Waals surface area contributed by atoms with Crippen LogP contribution >= 0.6 is 23.2 Å². The molecule has 3 aromatic heterocycles. The number of aromatic nitrogens is 6. The Bertz CT molecular complexity index is 3200. The Morgan fingerprint density at radius 2 is 0.971 bits per heavy atom. The van der Waals surface area contributed by atoms with E-state index in [0.717, 1.165) is 33.4 Å². The predicted octanol–water partition coefficient (Wildman–Crippen LogP) is 12.6. The van der Waals surface area contributed by atoms with Crippen molar-refractivity contribution in [3.05, 3.63) is 250 Å². The van der Waals surface area contributed by atoms with E-state index in [1.54, 1.807) is 55.8 Å². The Balaban J connectivity index is 0.000000155. The van der Waals surface area contributed by atoms with E-state index in [1.807, 2.05) is 161 Å². The van der Waals surface area contributed by atoms with Crippen molar-refractivity contribution in [1.82, 2.24) is 28.7 Å². The van der Waals surface area contributed by atoms with Crippen LogP contribution in [-0.4, -0.2) is 28.7 Å². The van der Waals surface area contributed by atoms with Gasteiger partial charge in [0.25, 0.3) is 0 Å². The van der Waals surface area contributed by atoms with Gasteiger partial charge in [-0.25, -0.2) is 15.0 Å².